The van der Waals surface area contributed by atoms with Crippen LogP contribution in [0.1, 0.15) is 0 Å². The largest absolute Gasteiger partial charge is 0.372 e. The molecule has 2 aromatic rings. The van der Waals surface area contributed by atoms with Gasteiger partial charge in [0, 0.05) is 19.4 Å². The number of nitrogens with one attached hydrogen (secondary N) is 1. The number of rotatable bonds is 1. The summed E-state index contributed by atoms with van der Waals surface area (Å²) in [4.78, 5) is 8.33. The predicted octanol–water partition coefficient (Wildman–Crippen LogP) is 1.53. The van der Waals surface area contributed by atoms with Gasteiger partial charge in [0.25, 0.3) is 0 Å². The second-order valence-corrected chi connectivity index (χ2v) is 3.08. The molecule has 4 nitrogen and oxygen atoms in total. The molecule has 2 aromatic heterocycles. The van der Waals surface area contributed by atoms with Crippen LogP contribution in [0.15, 0.2) is 23.2 Å². The zero-order valence-corrected chi connectivity index (χ0v) is 8.04. The Labute approximate surface area is 77.8 Å². The third-order valence-electron chi connectivity index (χ3n) is 1.59. The zero-order valence-electron chi connectivity index (χ0n) is 6.45. The third-order valence-corrected chi connectivity index (χ3v) is 2.12. The van der Waals surface area contributed by atoms with Gasteiger partial charge in [-0.2, -0.15) is 0 Å². The topological polar surface area (TPSA) is 42.2 Å². The number of hydrogen-bond acceptors (Lipinski definition) is 3. The lowest BCUT2D eigenvalue weighted by Crippen LogP contribution is -1.96. The van der Waals surface area contributed by atoms with E-state index in [4.69, 9.17) is 0 Å². The van der Waals surface area contributed by atoms with E-state index in [9.17, 15) is 0 Å². The average Bonchev–Trinajstić information content (AvgIpc) is 2.52. The van der Waals surface area contributed by atoms with Crippen molar-refractivity contribution in [1.29, 1.82) is 0 Å². The van der Waals surface area contributed by atoms with E-state index in [0.29, 0.717) is 0 Å². The van der Waals surface area contributed by atoms with Gasteiger partial charge in [-0.15, -0.1) is 0 Å². The lowest BCUT2D eigenvalue weighted by Gasteiger charge is -2.01. The Morgan fingerprint density at radius 3 is 3.17 bits per heavy atom. The first-order valence-electron chi connectivity index (χ1n) is 3.48. The van der Waals surface area contributed by atoms with E-state index in [2.05, 4.69) is 31.2 Å². The number of halogens is 1. The fourth-order valence-corrected chi connectivity index (χ4v) is 1.51. The lowest BCUT2D eigenvalue weighted by molar-refractivity contribution is 1.10. The van der Waals surface area contributed by atoms with E-state index in [1.54, 1.807) is 6.20 Å². The molecule has 0 bridgehead atoms. The monoisotopic (exact) mass is 226 g/mol. The molecule has 2 heterocycles. The van der Waals surface area contributed by atoms with Gasteiger partial charge in [0.05, 0.1) is 6.20 Å². The van der Waals surface area contributed by atoms with Crippen LogP contribution in [0.4, 0.5) is 5.82 Å². The Kier molecular flexibility index (Phi) is 1.73. The van der Waals surface area contributed by atoms with Crippen molar-refractivity contribution in [2.45, 2.75) is 0 Å². The molecular weight excluding hydrogens is 220 g/mol. The van der Waals surface area contributed by atoms with Gasteiger partial charge in [0.1, 0.15) is 5.82 Å². The minimum absolute atomic E-state index is 0.749. The molecule has 0 saturated heterocycles. The van der Waals surface area contributed by atoms with Crippen LogP contribution in [0.25, 0.3) is 5.65 Å². The summed E-state index contributed by atoms with van der Waals surface area (Å²) < 4.78 is 2.66. The van der Waals surface area contributed by atoms with E-state index >= 15 is 0 Å². The van der Waals surface area contributed by atoms with Crippen molar-refractivity contribution in [3.63, 3.8) is 0 Å². The molecule has 62 valence electrons. The molecule has 2 rings (SSSR count). The maximum Gasteiger partial charge on any atom is 0.170 e. The maximum absolute atomic E-state index is 4.21. The quantitative estimate of drug-likeness (QED) is 0.803. The summed E-state index contributed by atoms with van der Waals surface area (Å²) in [7, 11) is 1.83. The summed E-state index contributed by atoms with van der Waals surface area (Å²) >= 11 is 3.33. The zero-order chi connectivity index (χ0) is 8.55. The molecular formula is C7H7BrN4. The summed E-state index contributed by atoms with van der Waals surface area (Å²) in [6.45, 7) is 0. The Bertz CT molecular complexity index is 409. The fourth-order valence-electron chi connectivity index (χ4n) is 1.01. The summed E-state index contributed by atoms with van der Waals surface area (Å²) in [5, 5.41) is 2.96. The minimum Gasteiger partial charge on any atom is -0.372 e. The molecule has 12 heavy (non-hydrogen) atoms. The van der Waals surface area contributed by atoms with Crippen molar-refractivity contribution in [2.75, 3.05) is 12.4 Å². The second kappa shape index (κ2) is 2.75. The Morgan fingerprint density at radius 2 is 2.42 bits per heavy atom. The standard InChI is InChI=1S/C7H7BrN4/c1-9-5-4-12-3-2-10-7(12)6(8)11-5/h2-4,9H,1H3. The number of nitrogens with zero attached hydrogens (tertiary/aromatic N) is 3. The Balaban J connectivity index is 2.75. The summed E-state index contributed by atoms with van der Waals surface area (Å²) in [6.07, 6.45) is 5.50. The lowest BCUT2D eigenvalue weighted by atomic mass is 10.6. The van der Waals surface area contributed by atoms with Gasteiger partial charge in [-0.05, 0) is 15.9 Å². The minimum atomic E-state index is 0.749. The highest BCUT2D eigenvalue weighted by atomic mass is 79.9. The molecule has 0 spiro atoms. The highest BCUT2D eigenvalue weighted by molar-refractivity contribution is 9.10. The molecule has 0 saturated carbocycles. The number of aromatic nitrogens is 3. The normalized spacial score (nSPS) is 10.5. The fraction of sp³-hybridized carbons (Fsp3) is 0.143. The smallest absolute Gasteiger partial charge is 0.170 e. The number of imidazole rings is 1. The van der Waals surface area contributed by atoms with Crippen molar-refractivity contribution in [3.05, 3.63) is 23.2 Å². The second-order valence-electron chi connectivity index (χ2n) is 2.33. The number of fused-ring (bicyclic) bond motifs is 1. The van der Waals surface area contributed by atoms with Gasteiger partial charge in [-0.1, -0.05) is 0 Å². The van der Waals surface area contributed by atoms with E-state index in [1.165, 1.54) is 0 Å². The molecule has 0 aromatic carbocycles. The molecule has 0 fully saturated rings. The first-order chi connectivity index (χ1) is 5.81. The van der Waals surface area contributed by atoms with Crippen molar-refractivity contribution < 1.29 is 0 Å². The van der Waals surface area contributed by atoms with Gasteiger partial charge in [0.15, 0.2) is 10.3 Å². The van der Waals surface area contributed by atoms with Gasteiger partial charge >= 0.3 is 0 Å². The Morgan fingerprint density at radius 1 is 1.58 bits per heavy atom. The van der Waals surface area contributed by atoms with Crippen LogP contribution in [0.2, 0.25) is 0 Å². The summed E-state index contributed by atoms with van der Waals surface area (Å²) in [6, 6.07) is 0. The molecule has 0 aliphatic carbocycles. The average molecular weight is 227 g/mol. The first-order valence-corrected chi connectivity index (χ1v) is 4.27. The van der Waals surface area contributed by atoms with E-state index in [1.807, 2.05) is 23.8 Å². The van der Waals surface area contributed by atoms with Crippen LogP contribution in [0, 0.1) is 0 Å². The number of anilines is 1. The van der Waals surface area contributed by atoms with Gasteiger partial charge < -0.3 is 9.72 Å². The van der Waals surface area contributed by atoms with Crippen molar-refractivity contribution in [1.82, 2.24) is 14.4 Å². The molecule has 0 unspecified atom stereocenters. The van der Waals surface area contributed by atoms with Gasteiger partial charge in [0.2, 0.25) is 0 Å². The van der Waals surface area contributed by atoms with Crippen LogP contribution in [0.3, 0.4) is 0 Å². The van der Waals surface area contributed by atoms with E-state index < -0.39 is 0 Å². The first kappa shape index (κ1) is 7.54. The van der Waals surface area contributed by atoms with E-state index in [-0.39, 0.29) is 0 Å². The maximum atomic E-state index is 4.21. The summed E-state index contributed by atoms with van der Waals surface area (Å²) in [5.74, 6) is 0.812. The Hall–Kier alpha value is -1.10. The molecule has 0 aliphatic rings. The summed E-state index contributed by atoms with van der Waals surface area (Å²) in [5.41, 5.74) is 0.828. The third kappa shape index (κ3) is 1.06. The van der Waals surface area contributed by atoms with Crippen molar-refractivity contribution in [3.8, 4) is 0 Å². The van der Waals surface area contributed by atoms with Crippen LogP contribution in [-0.4, -0.2) is 21.4 Å². The van der Waals surface area contributed by atoms with Crippen molar-refractivity contribution in [2.24, 2.45) is 0 Å². The SMILES string of the molecule is CNc1cn2ccnc2c(Br)n1. The van der Waals surface area contributed by atoms with Crippen LogP contribution < -0.4 is 5.32 Å². The van der Waals surface area contributed by atoms with Crippen LogP contribution in [-0.2, 0) is 0 Å². The molecule has 1 N–H and O–H groups in total. The molecule has 0 aliphatic heterocycles. The van der Waals surface area contributed by atoms with E-state index in [0.717, 1.165) is 16.1 Å². The van der Waals surface area contributed by atoms with Crippen molar-refractivity contribution >= 4 is 27.4 Å². The van der Waals surface area contributed by atoms with Gasteiger partial charge in [-0.25, -0.2) is 9.97 Å². The van der Waals surface area contributed by atoms with Gasteiger partial charge in [-0.3, -0.25) is 0 Å². The highest BCUT2D eigenvalue weighted by Crippen LogP contribution is 2.15. The predicted molar refractivity (Wildman–Crippen MR) is 50.2 cm³/mol. The van der Waals surface area contributed by atoms with Crippen LogP contribution in [0.5, 0.6) is 0 Å². The van der Waals surface area contributed by atoms with Crippen LogP contribution >= 0.6 is 15.9 Å². The molecule has 0 amide bonds. The molecule has 5 heteroatoms. The highest BCUT2D eigenvalue weighted by Gasteiger charge is 2.02. The number of hydrogen-bond donors (Lipinski definition) is 1. The molecule has 0 radical (unpaired) electrons. The molecule has 0 atom stereocenters.